The summed E-state index contributed by atoms with van der Waals surface area (Å²) in [5.41, 5.74) is 7.08. The summed E-state index contributed by atoms with van der Waals surface area (Å²) in [6, 6.07) is 16.1. The van der Waals surface area contributed by atoms with E-state index in [4.69, 9.17) is 4.42 Å². The third kappa shape index (κ3) is 2.00. The van der Waals surface area contributed by atoms with Crippen LogP contribution in [-0.4, -0.2) is 0 Å². The Morgan fingerprint density at radius 2 is 1.83 bits per heavy atom. The molecule has 2 heterocycles. The van der Waals surface area contributed by atoms with Gasteiger partial charge in [0, 0.05) is 22.9 Å². The lowest BCUT2D eigenvalue weighted by Crippen LogP contribution is -2.30. The van der Waals surface area contributed by atoms with Gasteiger partial charge in [-0.2, -0.15) is 5.26 Å². The zero-order valence-electron chi connectivity index (χ0n) is 13.9. The van der Waals surface area contributed by atoms with E-state index in [1.165, 1.54) is 16.7 Å². The molecule has 3 nitrogen and oxygen atoms in total. The lowest BCUT2D eigenvalue weighted by atomic mass is 9.95. The van der Waals surface area contributed by atoms with Crippen LogP contribution in [0.15, 0.2) is 53.1 Å². The van der Waals surface area contributed by atoms with Gasteiger partial charge in [0.2, 0.25) is 5.69 Å². The number of rotatable bonds is 1. The summed E-state index contributed by atoms with van der Waals surface area (Å²) < 4.78 is 8.19. The number of nitriles is 1. The predicted molar refractivity (Wildman–Crippen MR) is 94.5 cm³/mol. The van der Waals surface area contributed by atoms with Crippen LogP contribution in [0.4, 0.5) is 0 Å². The molecule has 116 valence electrons. The van der Waals surface area contributed by atoms with Gasteiger partial charge in [-0.05, 0) is 55.3 Å². The highest BCUT2D eigenvalue weighted by atomic mass is 16.3. The fraction of sp³-hybridized carbons (Fsp3) is 0.143. The van der Waals surface area contributed by atoms with E-state index in [0.717, 1.165) is 27.6 Å². The van der Waals surface area contributed by atoms with Crippen molar-refractivity contribution in [1.29, 1.82) is 5.26 Å². The number of aromatic nitrogens is 1. The molecular formula is C21H17N2O+. The molecule has 24 heavy (non-hydrogen) atoms. The largest absolute Gasteiger partial charge is 0.456 e. The first-order chi connectivity index (χ1) is 11.6. The maximum atomic E-state index is 9.17. The maximum Gasteiger partial charge on any atom is 0.212 e. The Morgan fingerprint density at radius 3 is 2.58 bits per heavy atom. The van der Waals surface area contributed by atoms with Gasteiger partial charge in [0.05, 0.1) is 17.2 Å². The van der Waals surface area contributed by atoms with Crippen LogP contribution >= 0.6 is 0 Å². The van der Waals surface area contributed by atoms with Crippen molar-refractivity contribution in [2.45, 2.75) is 13.8 Å². The molecule has 0 N–H and O–H groups in total. The van der Waals surface area contributed by atoms with Gasteiger partial charge in [0.1, 0.15) is 18.2 Å². The normalized spacial score (nSPS) is 11.1. The number of nitrogens with zero attached hydrogens (tertiary/aromatic N) is 2. The number of hydrogen-bond donors (Lipinski definition) is 0. The molecule has 0 amide bonds. The van der Waals surface area contributed by atoms with Gasteiger partial charge in [-0.3, -0.25) is 0 Å². The van der Waals surface area contributed by atoms with Gasteiger partial charge in [-0.25, -0.2) is 4.57 Å². The zero-order valence-corrected chi connectivity index (χ0v) is 13.9. The number of pyridine rings is 1. The Morgan fingerprint density at radius 1 is 1.00 bits per heavy atom. The van der Waals surface area contributed by atoms with Crippen LogP contribution in [0.5, 0.6) is 0 Å². The van der Waals surface area contributed by atoms with E-state index in [1.807, 2.05) is 37.5 Å². The zero-order chi connectivity index (χ0) is 16.8. The molecule has 0 bridgehead atoms. The van der Waals surface area contributed by atoms with E-state index in [9.17, 15) is 5.26 Å². The van der Waals surface area contributed by atoms with Crippen molar-refractivity contribution in [2.24, 2.45) is 7.05 Å². The Kier molecular flexibility index (Phi) is 3.14. The quantitative estimate of drug-likeness (QED) is 0.483. The molecule has 0 aliphatic rings. The number of furan rings is 1. The number of hydrogen-bond acceptors (Lipinski definition) is 2. The molecule has 0 fully saturated rings. The van der Waals surface area contributed by atoms with Crippen molar-refractivity contribution in [2.75, 3.05) is 0 Å². The Bertz CT molecular complexity index is 1150. The summed E-state index contributed by atoms with van der Waals surface area (Å²) in [6.45, 7) is 4.27. The lowest BCUT2D eigenvalue weighted by molar-refractivity contribution is -0.660. The SMILES string of the molecule is Cc1c(-c2cccc[n+]2C)cc2oc3ccc(C#N)cc3c2c1C. The van der Waals surface area contributed by atoms with Crippen LogP contribution in [0.25, 0.3) is 33.2 Å². The standard InChI is InChI=1S/C21H17N2O/c1-13-14(2)21-17-10-15(12-22)7-8-19(17)24-20(21)11-16(13)18-6-4-5-9-23(18)3/h4-11H,1-3H3/q+1. The summed E-state index contributed by atoms with van der Waals surface area (Å²) in [7, 11) is 2.05. The number of fused-ring (bicyclic) bond motifs is 3. The number of benzene rings is 2. The molecule has 0 unspecified atom stereocenters. The fourth-order valence-electron chi connectivity index (χ4n) is 3.37. The van der Waals surface area contributed by atoms with E-state index < -0.39 is 0 Å². The first kappa shape index (κ1) is 14.5. The molecule has 3 heteroatoms. The van der Waals surface area contributed by atoms with E-state index in [1.54, 1.807) is 6.07 Å². The van der Waals surface area contributed by atoms with Gasteiger partial charge in [0.15, 0.2) is 6.20 Å². The minimum Gasteiger partial charge on any atom is -0.456 e. The Hall–Kier alpha value is -3.12. The van der Waals surface area contributed by atoms with Crippen molar-refractivity contribution < 1.29 is 8.98 Å². The molecule has 0 aliphatic heterocycles. The van der Waals surface area contributed by atoms with Crippen LogP contribution in [0.2, 0.25) is 0 Å². The van der Waals surface area contributed by atoms with Crippen LogP contribution in [0.3, 0.4) is 0 Å². The van der Waals surface area contributed by atoms with Crippen molar-refractivity contribution in [3.63, 3.8) is 0 Å². The summed E-state index contributed by atoms with van der Waals surface area (Å²) >= 11 is 0. The van der Waals surface area contributed by atoms with Crippen molar-refractivity contribution in [1.82, 2.24) is 0 Å². The Balaban J connectivity index is 2.10. The first-order valence-corrected chi connectivity index (χ1v) is 7.91. The highest BCUT2D eigenvalue weighted by Gasteiger charge is 2.19. The minimum absolute atomic E-state index is 0.654. The molecule has 0 saturated heterocycles. The van der Waals surface area contributed by atoms with Gasteiger partial charge in [-0.1, -0.05) is 0 Å². The van der Waals surface area contributed by atoms with Gasteiger partial charge < -0.3 is 4.42 Å². The average molecular weight is 313 g/mol. The second kappa shape index (κ2) is 5.21. The fourth-order valence-corrected chi connectivity index (χ4v) is 3.37. The molecule has 0 spiro atoms. The lowest BCUT2D eigenvalue weighted by Gasteiger charge is -2.08. The molecule has 0 saturated carbocycles. The van der Waals surface area contributed by atoms with Crippen molar-refractivity contribution in [3.05, 3.63) is 65.4 Å². The smallest absolute Gasteiger partial charge is 0.212 e. The molecule has 2 aromatic carbocycles. The van der Waals surface area contributed by atoms with E-state index in [2.05, 4.69) is 36.6 Å². The van der Waals surface area contributed by atoms with Crippen LogP contribution in [-0.2, 0) is 7.05 Å². The topological polar surface area (TPSA) is 40.8 Å². The van der Waals surface area contributed by atoms with Crippen LogP contribution < -0.4 is 4.57 Å². The van der Waals surface area contributed by atoms with Gasteiger partial charge in [0.25, 0.3) is 0 Å². The van der Waals surface area contributed by atoms with Crippen molar-refractivity contribution >= 4 is 21.9 Å². The van der Waals surface area contributed by atoms with Crippen LogP contribution in [0, 0.1) is 25.2 Å². The minimum atomic E-state index is 0.654. The second-order valence-corrected chi connectivity index (χ2v) is 6.17. The summed E-state index contributed by atoms with van der Waals surface area (Å²) in [4.78, 5) is 0. The summed E-state index contributed by atoms with van der Waals surface area (Å²) in [5.74, 6) is 0. The van der Waals surface area contributed by atoms with Gasteiger partial charge >= 0.3 is 0 Å². The third-order valence-electron chi connectivity index (χ3n) is 4.79. The molecule has 0 atom stereocenters. The molecule has 0 aliphatic carbocycles. The van der Waals surface area contributed by atoms with E-state index >= 15 is 0 Å². The molecule has 2 aromatic heterocycles. The average Bonchev–Trinajstić information content (AvgIpc) is 2.96. The third-order valence-corrected chi connectivity index (χ3v) is 4.79. The molecule has 0 radical (unpaired) electrons. The summed E-state index contributed by atoms with van der Waals surface area (Å²) in [6.07, 6.45) is 2.05. The molecule has 4 rings (SSSR count). The monoisotopic (exact) mass is 313 g/mol. The predicted octanol–water partition coefficient (Wildman–Crippen LogP) is 4.57. The first-order valence-electron chi connectivity index (χ1n) is 7.91. The second-order valence-electron chi connectivity index (χ2n) is 6.17. The van der Waals surface area contributed by atoms with E-state index in [-0.39, 0.29) is 0 Å². The highest BCUT2D eigenvalue weighted by Crippen LogP contribution is 2.37. The van der Waals surface area contributed by atoms with E-state index in [0.29, 0.717) is 5.56 Å². The maximum absolute atomic E-state index is 9.17. The molecular weight excluding hydrogens is 296 g/mol. The summed E-state index contributed by atoms with van der Waals surface area (Å²) in [5, 5.41) is 11.3. The van der Waals surface area contributed by atoms with Gasteiger partial charge in [-0.15, -0.1) is 0 Å². The number of aryl methyl sites for hydroxylation is 2. The highest BCUT2D eigenvalue weighted by molar-refractivity contribution is 6.08. The van der Waals surface area contributed by atoms with Crippen molar-refractivity contribution in [3.8, 4) is 17.3 Å². The molecule has 4 aromatic rings. The Labute approximate surface area is 140 Å². The van der Waals surface area contributed by atoms with Crippen LogP contribution in [0.1, 0.15) is 16.7 Å².